The highest BCUT2D eigenvalue weighted by atomic mass is 16.2. The van der Waals surface area contributed by atoms with Gasteiger partial charge in [0.2, 0.25) is 0 Å². The molecule has 1 aromatic carbocycles. The van der Waals surface area contributed by atoms with Crippen LogP contribution < -0.4 is 10.9 Å². The Kier molecular flexibility index (Phi) is 5.52. The monoisotopic (exact) mass is 437 g/mol. The number of carbonyl (C=O) groups excluding carboxylic acids is 1. The maximum atomic E-state index is 12.4. The van der Waals surface area contributed by atoms with E-state index in [9.17, 15) is 9.59 Å². The molecule has 3 aromatic heterocycles. The number of nitrogens with zero attached hydrogens (tertiary/aromatic N) is 4. The highest BCUT2D eigenvalue weighted by molar-refractivity contribution is 5.93. The number of carbonyl (C=O) groups is 1. The van der Waals surface area contributed by atoms with Crippen LogP contribution in [0.3, 0.4) is 0 Å². The Bertz CT molecular complexity index is 1360. The Balaban J connectivity index is 1.37. The summed E-state index contributed by atoms with van der Waals surface area (Å²) in [5.41, 5.74) is 4.65. The van der Waals surface area contributed by atoms with Gasteiger partial charge in [0.05, 0.1) is 11.4 Å². The Labute approximate surface area is 191 Å². The minimum absolute atomic E-state index is 0.217. The van der Waals surface area contributed by atoms with E-state index in [0.717, 1.165) is 46.7 Å². The van der Waals surface area contributed by atoms with Crippen LogP contribution in [0.4, 0.5) is 0 Å². The molecule has 0 bridgehead atoms. The lowest BCUT2D eigenvalue weighted by atomic mass is 10.0. The first-order chi connectivity index (χ1) is 16.1. The summed E-state index contributed by atoms with van der Waals surface area (Å²) in [4.78, 5) is 38.1. The number of aromatic nitrogens is 4. The molecule has 5 rings (SSSR count). The third kappa shape index (κ3) is 4.57. The molecule has 0 saturated heterocycles. The van der Waals surface area contributed by atoms with Crippen LogP contribution in [-0.2, 0) is 13.6 Å². The summed E-state index contributed by atoms with van der Waals surface area (Å²) in [6.45, 7) is 0.360. The largest absolute Gasteiger partial charge is 0.348 e. The van der Waals surface area contributed by atoms with E-state index < -0.39 is 0 Å². The smallest absolute Gasteiger partial charge is 0.251 e. The number of pyridine rings is 2. The normalized spacial score (nSPS) is 13.0. The quantitative estimate of drug-likeness (QED) is 0.497. The molecule has 3 heterocycles. The molecule has 7 heteroatoms. The van der Waals surface area contributed by atoms with Gasteiger partial charge in [0, 0.05) is 60.9 Å². The molecule has 1 fully saturated rings. The molecule has 0 aliphatic heterocycles. The van der Waals surface area contributed by atoms with Gasteiger partial charge < -0.3 is 9.88 Å². The predicted octanol–water partition coefficient (Wildman–Crippen LogP) is 3.71. The van der Waals surface area contributed by atoms with Crippen molar-refractivity contribution in [3.8, 4) is 22.5 Å². The summed E-state index contributed by atoms with van der Waals surface area (Å²) >= 11 is 0. The molecular formula is C26H23N5O2. The van der Waals surface area contributed by atoms with Crippen LogP contribution in [0.25, 0.3) is 22.5 Å². The zero-order valence-corrected chi connectivity index (χ0v) is 18.2. The minimum Gasteiger partial charge on any atom is -0.348 e. The van der Waals surface area contributed by atoms with Gasteiger partial charge in [-0.3, -0.25) is 14.6 Å². The first-order valence-corrected chi connectivity index (χ1v) is 10.9. The standard InChI is InChI=1S/C26H23N5O2/c1-31-13-11-20(14-23(31)32)26(33)29-15-17-5-7-18(8-6-17)24-21(22-4-2-3-12-27-22)16-28-25(30-24)19-9-10-19/h2-8,11-14,16,19H,9-10,15H2,1H3,(H,29,33). The third-order valence-corrected chi connectivity index (χ3v) is 5.74. The maximum absolute atomic E-state index is 12.4. The van der Waals surface area contributed by atoms with Crippen LogP contribution in [0.1, 0.15) is 40.5 Å². The van der Waals surface area contributed by atoms with Gasteiger partial charge >= 0.3 is 0 Å². The van der Waals surface area contributed by atoms with Gasteiger partial charge in [-0.1, -0.05) is 30.3 Å². The molecule has 4 aromatic rings. The Morgan fingerprint density at radius 3 is 2.61 bits per heavy atom. The Morgan fingerprint density at radius 1 is 1.09 bits per heavy atom. The van der Waals surface area contributed by atoms with Gasteiger partial charge in [0.15, 0.2) is 0 Å². The fraction of sp³-hybridized carbons (Fsp3) is 0.192. The molecule has 164 valence electrons. The molecule has 1 N–H and O–H groups in total. The first-order valence-electron chi connectivity index (χ1n) is 10.9. The maximum Gasteiger partial charge on any atom is 0.251 e. The van der Waals surface area contributed by atoms with E-state index in [2.05, 4.69) is 15.3 Å². The van der Waals surface area contributed by atoms with Crippen molar-refractivity contribution >= 4 is 5.91 Å². The molecule has 1 aliphatic carbocycles. The minimum atomic E-state index is -0.279. The van der Waals surface area contributed by atoms with Crippen LogP contribution in [0.5, 0.6) is 0 Å². The zero-order chi connectivity index (χ0) is 22.8. The van der Waals surface area contributed by atoms with Crippen LogP contribution in [0.2, 0.25) is 0 Å². The molecule has 0 radical (unpaired) electrons. The number of nitrogens with one attached hydrogen (secondary N) is 1. The van der Waals surface area contributed by atoms with Gasteiger partial charge in [-0.05, 0) is 36.6 Å². The second kappa shape index (κ2) is 8.78. The highest BCUT2D eigenvalue weighted by Crippen LogP contribution is 2.40. The second-order valence-corrected chi connectivity index (χ2v) is 8.22. The Hall–Kier alpha value is -4.13. The number of hydrogen-bond acceptors (Lipinski definition) is 5. The molecule has 1 aliphatic rings. The van der Waals surface area contributed by atoms with E-state index >= 15 is 0 Å². The van der Waals surface area contributed by atoms with Gasteiger partial charge in [0.1, 0.15) is 5.82 Å². The van der Waals surface area contributed by atoms with E-state index in [1.807, 2.05) is 48.7 Å². The third-order valence-electron chi connectivity index (χ3n) is 5.74. The number of rotatable bonds is 6. The van der Waals surface area contributed by atoms with Crippen molar-refractivity contribution in [3.05, 3.63) is 100 Å². The molecule has 0 unspecified atom stereocenters. The van der Waals surface area contributed by atoms with Gasteiger partial charge in [-0.15, -0.1) is 0 Å². The average Bonchev–Trinajstić information content (AvgIpc) is 3.70. The lowest BCUT2D eigenvalue weighted by molar-refractivity contribution is 0.0950. The molecule has 7 nitrogen and oxygen atoms in total. The lowest BCUT2D eigenvalue weighted by Crippen LogP contribution is -2.25. The number of benzene rings is 1. The van der Waals surface area contributed by atoms with Gasteiger partial charge in [-0.2, -0.15) is 0 Å². The first kappa shape index (κ1) is 20.8. The van der Waals surface area contributed by atoms with Crippen LogP contribution in [0.15, 0.2) is 78.0 Å². The van der Waals surface area contributed by atoms with Crippen molar-refractivity contribution < 1.29 is 4.79 Å². The molecule has 0 spiro atoms. The summed E-state index contributed by atoms with van der Waals surface area (Å²) in [6.07, 6.45) is 7.49. The SMILES string of the molecule is Cn1ccc(C(=O)NCc2ccc(-c3nc(C4CC4)ncc3-c3ccccn3)cc2)cc1=O. The molecule has 1 saturated carbocycles. The number of amides is 1. The van der Waals surface area contributed by atoms with Crippen molar-refractivity contribution in [2.24, 2.45) is 7.05 Å². The topological polar surface area (TPSA) is 89.8 Å². The van der Waals surface area contributed by atoms with E-state index in [4.69, 9.17) is 4.98 Å². The summed E-state index contributed by atoms with van der Waals surface area (Å²) in [6, 6.07) is 16.7. The molecule has 1 amide bonds. The summed E-state index contributed by atoms with van der Waals surface area (Å²) in [5, 5.41) is 2.87. The Morgan fingerprint density at radius 2 is 1.91 bits per heavy atom. The fourth-order valence-corrected chi connectivity index (χ4v) is 3.62. The molecular weight excluding hydrogens is 414 g/mol. The molecule has 0 atom stereocenters. The van der Waals surface area contributed by atoms with Crippen LogP contribution in [-0.4, -0.2) is 25.4 Å². The van der Waals surface area contributed by atoms with Crippen molar-refractivity contribution in [2.75, 3.05) is 0 Å². The van der Waals surface area contributed by atoms with Gasteiger partial charge in [0.25, 0.3) is 11.5 Å². The lowest BCUT2D eigenvalue weighted by Gasteiger charge is -2.11. The number of hydrogen-bond donors (Lipinski definition) is 1. The zero-order valence-electron chi connectivity index (χ0n) is 18.2. The summed E-state index contributed by atoms with van der Waals surface area (Å²) in [7, 11) is 1.65. The van der Waals surface area contributed by atoms with Crippen LogP contribution in [0, 0.1) is 0 Å². The number of aryl methyl sites for hydroxylation is 1. The molecule has 33 heavy (non-hydrogen) atoms. The van der Waals surface area contributed by atoms with Crippen molar-refractivity contribution in [2.45, 2.75) is 25.3 Å². The van der Waals surface area contributed by atoms with Crippen LogP contribution >= 0.6 is 0 Å². The van der Waals surface area contributed by atoms with Crippen molar-refractivity contribution in [3.63, 3.8) is 0 Å². The summed E-state index contributed by atoms with van der Waals surface area (Å²) < 4.78 is 1.43. The fourth-order valence-electron chi connectivity index (χ4n) is 3.62. The van der Waals surface area contributed by atoms with Crippen molar-refractivity contribution in [1.29, 1.82) is 0 Å². The van der Waals surface area contributed by atoms with Gasteiger partial charge in [-0.25, -0.2) is 9.97 Å². The predicted molar refractivity (Wildman–Crippen MR) is 126 cm³/mol. The average molecular weight is 438 g/mol. The van der Waals surface area contributed by atoms with E-state index in [1.165, 1.54) is 10.6 Å². The van der Waals surface area contributed by atoms with E-state index in [-0.39, 0.29) is 11.5 Å². The summed E-state index contributed by atoms with van der Waals surface area (Å²) in [5.74, 6) is 1.06. The van der Waals surface area contributed by atoms with Crippen molar-refractivity contribution in [1.82, 2.24) is 24.8 Å². The van der Waals surface area contributed by atoms with E-state index in [1.54, 1.807) is 25.5 Å². The van der Waals surface area contributed by atoms with E-state index in [0.29, 0.717) is 18.0 Å². The second-order valence-electron chi connectivity index (χ2n) is 8.22. The highest BCUT2D eigenvalue weighted by Gasteiger charge is 2.27.